The molecule has 1 fully saturated rings. The van der Waals surface area contributed by atoms with Gasteiger partial charge in [0.05, 0.1) is 6.54 Å². The Bertz CT molecular complexity index is 632. The minimum absolute atomic E-state index is 0.0257. The smallest absolute Gasteiger partial charge is 0.389 e. The maximum absolute atomic E-state index is 11.5. The van der Waals surface area contributed by atoms with E-state index in [0.29, 0.717) is 19.7 Å². The van der Waals surface area contributed by atoms with Crippen molar-refractivity contribution in [1.29, 1.82) is 0 Å². The summed E-state index contributed by atoms with van der Waals surface area (Å²) < 4.78 is 5.91. The largest absolute Gasteiger partial charge is 0.491 e. The van der Waals surface area contributed by atoms with Crippen LogP contribution in [-0.2, 0) is 4.84 Å². The van der Waals surface area contributed by atoms with Crippen molar-refractivity contribution in [1.82, 2.24) is 10.2 Å². The molecule has 1 aromatic rings. The fourth-order valence-corrected chi connectivity index (χ4v) is 2.64. The molecule has 118 valence electrons. The molecule has 1 aromatic carbocycles. The van der Waals surface area contributed by atoms with E-state index in [2.05, 4.69) is 16.4 Å². The van der Waals surface area contributed by atoms with Gasteiger partial charge in [0, 0.05) is 18.7 Å². The highest BCUT2D eigenvalue weighted by Gasteiger charge is 2.20. The van der Waals surface area contributed by atoms with Gasteiger partial charge in [-0.25, -0.2) is 4.79 Å². The van der Waals surface area contributed by atoms with Crippen molar-refractivity contribution in [2.24, 2.45) is 0 Å². The molecule has 0 atom stereocenters. The number of carbonyl (C=O) groups excluding carboxylic acids is 1. The van der Waals surface area contributed by atoms with Gasteiger partial charge in [-0.2, -0.15) is 4.84 Å². The van der Waals surface area contributed by atoms with Crippen LogP contribution < -0.4 is 10.1 Å². The van der Waals surface area contributed by atoms with Crippen LogP contribution in [-0.4, -0.2) is 44.3 Å². The molecule has 0 spiro atoms. The van der Waals surface area contributed by atoms with E-state index < -0.39 is 0 Å². The van der Waals surface area contributed by atoms with Gasteiger partial charge in [0.1, 0.15) is 17.9 Å². The van der Waals surface area contributed by atoms with Gasteiger partial charge < -0.3 is 15.0 Å². The first-order valence-electron chi connectivity index (χ1n) is 7.30. The first-order chi connectivity index (χ1) is 10.5. The van der Waals surface area contributed by atoms with E-state index in [9.17, 15) is 4.79 Å². The van der Waals surface area contributed by atoms with E-state index in [-0.39, 0.29) is 6.03 Å². The van der Waals surface area contributed by atoms with Gasteiger partial charge in [-0.1, -0.05) is 6.07 Å². The highest BCUT2D eigenvalue weighted by atomic mass is 16.6. The number of nitrogens with one attached hydrogen (secondary N) is 1. The zero-order chi connectivity index (χ0) is 16.1. The molecule has 2 rings (SSSR count). The number of amides is 2. The molecular weight excluding hydrogens is 282 g/mol. The Kier molecular flexibility index (Phi) is 5.10. The SMILES string of the molecule is CO[N+]#Cc1c(C)cc(C)c(OCCN2CCNC2=O)c1C. The first kappa shape index (κ1) is 16.0. The third-order valence-electron chi connectivity index (χ3n) is 3.70. The van der Waals surface area contributed by atoms with Crippen molar-refractivity contribution in [3.63, 3.8) is 0 Å². The maximum atomic E-state index is 11.5. The Morgan fingerprint density at radius 1 is 1.36 bits per heavy atom. The van der Waals surface area contributed by atoms with E-state index in [1.807, 2.05) is 26.8 Å². The molecule has 1 heterocycles. The van der Waals surface area contributed by atoms with Gasteiger partial charge in [0.2, 0.25) is 5.01 Å². The number of benzene rings is 1. The lowest BCUT2D eigenvalue weighted by atomic mass is 9.99. The van der Waals surface area contributed by atoms with E-state index in [4.69, 9.17) is 9.57 Å². The van der Waals surface area contributed by atoms with Gasteiger partial charge in [-0.3, -0.25) is 0 Å². The molecule has 22 heavy (non-hydrogen) atoms. The lowest BCUT2D eigenvalue weighted by molar-refractivity contribution is 0.202. The normalized spacial score (nSPS) is 13.5. The van der Waals surface area contributed by atoms with E-state index >= 15 is 0 Å². The molecule has 0 bridgehead atoms. The molecule has 1 saturated heterocycles. The third-order valence-corrected chi connectivity index (χ3v) is 3.70. The molecule has 0 unspecified atom stereocenters. The van der Waals surface area contributed by atoms with E-state index in [0.717, 1.165) is 34.5 Å². The Morgan fingerprint density at radius 3 is 2.77 bits per heavy atom. The zero-order valence-corrected chi connectivity index (χ0v) is 13.5. The van der Waals surface area contributed by atoms with Crippen molar-refractivity contribution in [2.45, 2.75) is 20.8 Å². The van der Waals surface area contributed by atoms with Crippen LogP contribution in [0, 0.1) is 26.8 Å². The Labute approximate surface area is 130 Å². The summed E-state index contributed by atoms with van der Waals surface area (Å²) in [5.41, 5.74) is 3.98. The van der Waals surface area contributed by atoms with Crippen LogP contribution in [0.1, 0.15) is 22.3 Å². The summed E-state index contributed by atoms with van der Waals surface area (Å²) in [6.45, 7) is 8.46. The van der Waals surface area contributed by atoms with Crippen LogP contribution in [0.3, 0.4) is 0 Å². The molecule has 0 aromatic heterocycles. The number of hydrogen-bond acceptors (Lipinski definition) is 3. The molecule has 1 aliphatic heterocycles. The summed E-state index contributed by atoms with van der Waals surface area (Å²) >= 11 is 0. The molecule has 2 amide bonds. The number of ether oxygens (including phenoxy) is 1. The molecular formula is C16H22N3O3+. The Morgan fingerprint density at radius 2 is 2.14 bits per heavy atom. The molecule has 0 saturated carbocycles. The number of hydrogen-bond donors (Lipinski definition) is 1. The van der Waals surface area contributed by atoms with Crippen molar-refractivity contribution in [2.75, 3.05) is 33.4 Å². The molecule has 6 nitrogen and oxygen atoms in total. The van der Waals surface area contributed by atoms with Gasteiger partial charge in [-0.15, -0.1) is 0 Å². The molecule has 1 N–H and O–H groups in total. The number of nitrogens with zero attached hydrogens (tertiary/aromatic N) is 2. The van der Waals surface area contributed by atoms with Crippen molar-refractivity contribution < 1.29 is 14.4 Å². The van der Waals surface area contributed by atoms with Crippen LogP contribution >= 0.6 is 0 Å². The fraction of sp³-hybridized carbons (Fsp3) is 0.500. The van der Waals surface area contributed by atoms with Crippen LogP contribution in [0.4, 0.5) is 4.79 Å². The second-order valence-corrected chi connectivity index (χ2v) is 5.29. The minimum Gasteiger partial charge on any atom is -0.491 e. The second-order valence-electron chi connectivity index (χ2n) is 5.29. The average molecular weight is 304 g/mol. The van der Waals surface area contributed by atoms with E-state index in [1.54, 1.807) is 4.90 Å². The van der Waals surface area contributed by atoms with Crippen molar-refractivity contribution in [3.8, 4) is 11.8 Å². The minimum atomic E-state index is -0.0257. The highest BCUT2D eigenvalue weighted by molar-refractivity contribution is 5.76. The zero-order valence-electron chi connectivity index (χ0n) is 13.5. The molecule has 1 aliphatic rings. The summed E-state index contributed by atoms with van der Waals surface area (Å²) in [5, 5.41) is 6.50. The Hall–Kier alpha value is -2.42. The summed E-state index contributed by atoms with van der Waals surface area (Å²) in [6, 6.07) is 4.90. The highest BCUT2D eigenvalue weighted by Crippen LogP contribution is 2.28. The van der Waals surface area contributed by atoms with Gasteiger partial charge in [0.25, 0.3) is 0 Å². The predicted molar refractivity (Wildman–Crippen MR) is 84.5 cm³/mol. The summed E-state index contributed by atoms with van der Waals surface area (Å²) in [7, 11) is 1.49. The number of carbonyl (C=O) groups is 1. The second kappa shape index (κ2) is 7.03. The monoisotopic (exact) mass is 304 g/mol. The standard InChI is InChI=1S/C16H21N3O3/c1-11-9-12(2)15(13(3)14(11)10-18-21-4)22-8-7-19-6-5-17-16(19)20/h9H,5-8H2,1-4H3/p+1. The predicted octanol–water partition coefficient (Wildman–Crippen LogP) is 2.26. The van der Waals surface area contributed by atoms with Gasteiger partial charge in [-0.05, 0) is 31.9 Å². The Balaban J connectivity index is 2.11. The summed E-state index contributed by atoms with van der Waals surface area (Å²) in [6.07, 6.45) is 0. The number of urea groups is 1. The lowest BCUT2D eigenvalue weighted by Crippen LogP contribution is -2.32. The van der Waals surface area contributed by atoms with Gasteiger partial charge >= 0.3 is 12.1 Å². The lowest BCUT2D eigenvalue weighted by Gasteiger charge is -2.17. The number of aryl methyl sites for hydroxylation is 2. The maximum Gasteiger partial charge on any atom is 0.389 e. The summed E-state index contributed by atoms with van der Waals surface area (Å²) in [4.78, 5) is 17.9. The topological polar surface area (TPSA) is 55.2 Å². The third kappa shape index (κ3) is 3.42. The van der Waals surface area contributed by atoms with Crippen molar-refractivity contribution >= 4 is 6.03 Å². The molecule has 6 heteroatoms. The summed E-state index contributed by atoms with van der Waals surface area (Å²) in [5.74, 6) is 0.819. The fourth-order valence-electron chi connectivity index (χ4n) is 2.64. The average Bonchev–Trinajstić information content (AvgIpc) is 2.87. The quantitative estimate of drug-likeness (QED) is 0.868. The van der Waals surface area contributed by atoms with Crippen LogP contribution in [0.2, 0.25) is 0 Å². The molecule has 0 radical (unpaired) electrons. The molecule has 0 aliphatic carbocycles. The van der Waals surface area contributed by atoms with Gasteiger partial charge in [0.15, 0.2) is 7.11 Å². The number of rotatable bonds is 4. The van der Waals surface area contributed by atoms with Crippen LogP contribution in [0.5, 0.6) is 5.75 Å². The van der Waals surface area contributed by atoms with Crippen LogP contribution in [0.25, 0.3) is 5.01 Å². The van der Waals surface area contributed by atoms with E-state index in [1.165, 1.54) is 7.11 Å². The van der Waals surface area contributed by atoms with Crippen molar-refractivity contribution in [3.05, 3.63) is 33.3 Å². The first-order valence-corrected chi connectivity index (χ1v) is 7.30. The van der Waals surface area contributed by atoms with Crippen LogP contribution in [0.15, 0.2) is 6.07 Å².